The van der Waals surface area contributed by atoms with Crippen molar-refractivity contribution in [2.75, 3.05) is 0 Å². The van der Waals surface area contributed by atoms with Crippen LogP contribution in [0.4, 0.5) is 0 Å². The van der Waals surface area contributed by atoms with Crippen molar-refractivity contribution in [3.05, 3.63) is 75.3 Å². The van der Waals surface area contributed by atoms with E-state index in [4.69, 9.17) is 4.42 Å². The van der Waals surface area contributed by atoms with Crippen LogP contribution in [0.5, 0.6) is 5.75 Å². The number of hydrogen-bond acceptors (Lipinski definition) is 5. The van der Waals surface area contributed by atoms with E-state index in [1.165, 1.54) is 6.07 Å². The molecule has 0 bridgehead atoms. The van der Waals surface area contributed by atoms with Crippen molar-refractivity contribution in [2.45, 2.75) is 39.2 Å². The largest absolute Gasteiger partial charge is 0.508 e. The summed E-state index contributed by atoms with van der Waals surface area (Å²) in [4.78, 5) is 40.0. The van der Waals surface area contributed by atoms with Crippen LogP contribution in [0.15, 0.2) is 51.8 Å². The Morgan fingerprint density at radius 2 is 1.85 bits per heavy atom. The molecule has 2 aromatic heterocycles. The summed E-state index contributed by atoms with van der Waals surface area (Å²) < 4.78 is 5.40. The molecule has 0 fully saturated rings. The molecule has 4 N–H and O–H groups in total. The summed E-state index contributed by atoms with van der Waals surface area (Å²) in [7, 11) is 0. The number of benzene rings is 2. The van der Waals surface area contributed by atoms with Crippen LogP contribution in [0.1, 0.15) is 28.7 Å². The Bertz CT molecular complexity index is 1430. The van der Waals surface area contributed by atoms with Crippen LogP contribution in [0.25, 0.3) is 21.9 Å². The van der Waals surface area contributed by atoms with Gasteiger partial charge in [0.05, 0.1) is 0 Å². The number of phenols is 1. The van der Waals surface area contributed by atoms with Gasteiger partial charge in [-0.05, 0) is 49.6 Å². The number of aryl methyl sites for hydroxylation is 2. The van der Waals surface area contributed by atoms with Gasteiger partial charge in [-0.1, -0.05) is 18.2 Å². The average molecular weight is 448 g/mol. The molecular weight excluding hydrogens is 424 g/mol. The van der Waals surface area contributed by atoms with Crippen molar-refractivity contribution < 1.29 is 24.2 Å². The van der Waals surface area contributed by atoms with E-state index in [0.717, 1.165) is 16.5 Å². The summed E-state index contributed by atoms with van der Waals surface area (Å²) in [5.74, 6) is -1.57. The fourth-order valence-electron chi connectivity index (χ4n) is 4.09. The van der Waals surface area contributed by atoms with Gasteiger partial charge in [0.1, 0.15) is 17.4 Å². The Kier molecular flexibility index (Phi) is 5.91. The Morgan fingerprint density at radius 1 is 1.09 bits per heavy atom. The zero-order valence-electron chi connectivity index (χ0n) is 18.3. The summed E-state index contributed by atoms with van der Waals surface area (Å²) in [6.07, 6.45) is 1.92. The van der Waals surface area contributed by atoms with E-state index in [-0.39, 0.29) is 25.0 Å². The van der Waals surface area contributed by atoms with E-state index in [1.54, 1.807) is 26.1 Å². The number of aromatic nitrogens is 1. The highest BCUT2D eigenvalue weighted by molar-refractivity contribution is 5.87. The summed E-state index contributed by atoms with van der Waals surface area (Å²) in [5, 5.41) is 23.6. The standard InChI is InChI=1S/C25H24N2O6/c1-13-16-7-9-21(28)14(2)23(16)33-25(32)17(13)8-10-22(29)27-20(24(30)31)11-15-12-26-19-6-4-3-5-18(15)19/h3-7,9,12,20,26,28H,8,10-11H2,1-2H3,(H,27,29)(H,30,31)/t20-/m0/s1. The molecule has 1 amide bonds. The molecule has 0 aliphatic heterocycles. The number of carbonyl (C=O) groups excluding carboxylic acids is 1. The molecule has 0 aliphatic carbocycles. The molecule has 8 heteroatoms. The van der Waals surface area contributed by atoms with E-state index in [0.29, 0.717) is 27.7 Å². The van der Waals surface area contributed by atoms with Gasteiger partial charge in [-0.2, -0.15) is 0 Å². The number of amides is 1. The van der Waals surface area contributed by atoms with E-state index in [1.807, 2.05) is 24.3 Å². The normalized spacial score (nSPS) is 12.2. The molecule has 2 heterocycles. The number of phenolic OH excluding ortho intramolecular Hbond substituents is 1. The van der Waals surface area contributed by atoms with Crippen molar-refractivity contribution >= 4 is 33.7 Å². The number of rotatable bonds is 7. The Morgan fingerprint density at radius 3 is 2.61 bits per heavy atom. The molecule has 2 aromatic carbocycles. The van der Waals surface area contributed by atoms with Crippen molar-refractivity contribution in [2.24, 2.45) is 0 Å². The molecule has 0 aliphatic rings. The van der Waals surface area contributed by atoms with Crippen LogP contribution in [0, 0.1) is 13.8 Å². The minimum atomic E-state index is -1.13. The topological polar surface area (TPSA) is 133 Å². The van der Waals surface area contributed by atoms with Gasteiger partial charge < -0.3 is 24.9 Å². The number of H-pyrrole nitrogens is 1. The third-order valence-corrected chi connectivity index (χ3v) is 6.01. The molecule has 33 heavy (non-hydrogen) atoms. The number of aromatic hydroxyl groups is 1. The number of hydrogen-bond donors (Lipinski definition) is 4. The fourth-order valence-corrected chi connectivity index (χ4v) is 4.09. The lowest BCUT2D eigenvalue weighted by Gasteiger charge is -2.15. The third-order valence-electron chi connectivity index (χ3n) is 6.01. The van der Waals surface area contributed by atoms with Gasteiger partial charge in [-0.15, -0.1) is 0 Å². The Labute approximate surface area is 188 Å². The van der Waals surface area contributed by atoms with Crippen molar-refractivity contribution in [3.63, 3.8) is 0 Å². The number of para-hydroxylation sites is 1. The van der Waals surface area contributed by atoms with Crippen molar-refractivity contribution in [1.29, 1.82) is 0 Å². The number of nitrogens with one attached hydrogen (secondary N) is 2. The van der Waals surface area contributed by atoms with Crippen molar-refractivity contribution in [1.82, 2.24) is 10.3 Å². The number of carbonyl (C=O) groups is 2. The monoisotopic (exact) mass is 448 g/mol. The molecule has 0 radical (unpaired) electrons. The fraction of sp³-hybridized carbons (Fsp3) is 0.240. The van der Waals surface area contributed by atoms with E-state index >= 15 is 0 Å². The number of fused-ring (bicyclic) bond motifs is 2. The van der Waals surface area contributed by atoms with E-state index in [9.17, 15) is 24.6 Å². The Balaban J connectivity index is 1.49. The summed E-state index contributed by atoms with van der Waals surface area (Å²) in [6.45, 7) is 3.42. The van der Waals surface area contributed by atoms with Gasteiger partial charge in [0.2, 0.25) is 5.91 Å². The molecule has 0 saturated heterocycles. The highest BCUT2D eigenvalue weighted by atomic mass is 16.4. The maximum atomic E-state index is 12.6. The lowest BCUT2D eigenvalue weighted by molar-refractivity contribution is -0.141. The van der Waals surface area contributed by atoms with Gasteiger partial charge in [-0.3, -0.25) is 4.79 Å². The number of aromatic amines is 1. The van der Waals surface area contributed by atoms with Crippen LogP contribution in [-0.4, -0.2) is 33.1 Å². The maximum Gasteiger partial charge on any atom is 0.339 e. The first-order valence-electron chi connectivity index (χ1n) is 10.6. The van der Waals surface area contributed by atoms with Crippen LogP contribution < -0.4 is 10.9 Å². The lowest BCUT2D eigenvalue weighted by Crippen LogP contribution is -2.42. The molecular formula is C25H24N2O6. The van der Waals surface area contributed by atoms with E-state index in [2.05, 4.69) is 10.3 Å². The predicted molar refractivity (Wildman–Crippen MR) is 124 cm³/mol. The van der Waals surface area contributed by atoms with Crippen LogP contribution in [0.3, 0.4) is 0 Å². The predicted octanol–water partition coefficient (Wildman–Crippen LogP) is 3.34. The molecule has 0 unspecified atom stereocenters. The summed E-state index contributed by atoms with van der Waals surface area (Å²) in [5.41, 5.74) is 2.92. The third kappa shape index (κ3) is 4.32. The highest BCUT2D eigenvalue weighted by Gasteiger charge is 2.22. The summed E-state index contributed by atoms with van der Waals surface area (Å²) >= 11 is 0. The molecule has 0 spiro atoms. The maximum absolute atomic E-state index is 12.6. The Hall–Kier alpha value is -4.07. The average Bonchev–Trinajstić information content (AvgIpc) is 3.19. The van der Waals surface area contributed by atoms with E-state index < -0.39 is 23.5 Å². The van der Waals surface area contributed by atoms with Gasteiger partial charge in [0.25, 0.3) is 0 Å². The second kappa shape index (κ2) is 8.82. The summed E-state index contributed by atoms with van der Waals surface area (Å²) in [6, 6.07) is 9.64. The molecule has 170 valence electrons. The van der Waals surface area contributed by atoms with Crippen LogP contribution in [0.2, 0.25) is 0 Å². The number of aliphatic carboxylic acids is 1. The van der Waals surface area contributed by atoms with Gasteiger partial charge in [0, 0.05) is 46.5 Å². The quantitative estimate of drug-likeness (QED) is 0.321. The van der Waals surface area contributed by atoms with Crippen LogP contribution >= 0.6 is 0 Å². The van der Waals surface area contributed by atoms with Gasteiger partial charge in [-0.25, -0.2) is 9.59 Å². The number of carboxylic acid groups (broad SMARTS) is 1. The second-order valence-electron chi connectivity index (χ2n) is 8.10. The minimum absolute atomic E-state index is 0.0343. The first-order chi connectivity index (χ1) is 15.8. The first kappa shape index (κ1) is 22.1. The molecule has 4 aromatic rings. The zero-order valence-corrected chi connectivity index (χ0v) is 18.3. The first-order valence-corrected chi connectivity index (χ1v) is 10.6. The van der Waals surface area contributed by atoms with Crippen LogP contribution in [-0.2, 0) is 22.4 Å². The van der Waals surface area contributed by atoms with Gasteiger partial charge in [0.15, 0.2) is 0 Å². The minimum Gasteiger partial charge on any atom is -0.508 e. The molecule has 8 nitrogen and oxygen atoms in total. The highest BCUT2D eigenvalue weighted by Crippen LogP contribution is 2.28. The smallest absolute Gasteiger partial charge is 0.339 e. The van der Waals surface area contributed by atoms with Gasteiger partial charge >= 0.3 is 11.6 Å². The zero-order chi connectivity index (χ0) is 23.7. The molecule has 0 saturated carbocycles. The molecule has 1 atom stereocenters. The lowest BCUT2D eigenvalue weighted by atomic mass is 10.00. The second-order valence-corrected chi connectivity index (χ2v) is 8.10. The SMILES string of the molecule is Cc1c(CCC(=O)N[C@@H](Cc2c[nH]c3ccccc23)C(=O)O)c(=O)oc2c(C)c(O)ccc12. The molecule has 4 rings (SSSR count). The van der Waals surface area contributed by atoms with Crippen molar-refractivity contribution in [3.8, 4) is 5.75 Å². The number of carboxylic acids is 1.